The highest BCUT2D eigenvalue weighted by molar-refractivity contribution is 5.94. The molecule has 3 aromatic rings. The van der Waals surface area contributed by atoms with Crippen LogP contribution < -0.4 is 10.2 Å². The summed E-state index contributed by atoms with van der Waals surface area (Å²) in [7, 11) is 4.02. The van der Waals surface area contributed by atoms with Crippen LogP contribution >= 0.6 is 0 Å². The average molecular weight is 348 g/mol. The zero-order valence-electron chi connectivity index (χ0n) is 15.4. The molecule has 5 heteroatoms. The standard InChI is InChI=1S/C21H24N4O/c1-4-25-15-18(17-9-11-22-12-10-17)13-20(25)21(26)23-14-16-5-7-19(8-6-16)24(2)3/h5-13,15H,4,14H2,1-3H3,(H,23,26). The van der Waals surface area contributed by atoms with Crippen LogP contribution in [0.5, 0.6) is 0 Å². The lowest BCUT2D eigenvalue weighted by atomic mass is 10.1. The number of aryl methyl sites for hydroxylation is 1. The molecule has 0 bridgehead atoms. The molecule has 134 valence electrons. The maximum Gasteiger partial charge on any atom is 0.268 e. The molecule has 0 radical (unpaired) electrons. The number of hydrogen-bond donors (Lipinski definition) is 1. The quantitative estimate of drug-likeness (QED) is 0.741. The van der Waals surface area contributed by atoms with Crippen LogP contribution in [0.3, 0.4) is 0 Å². The number of rotatable bonds is 6. The Labute approximate surface area is 154 Å². The summed E-state index contributed by atoms with van der Waals surface area (Å²) in [6.07, 6.45) is 5.53. The van der Waals surface area contributed by atoms with Crippen molar-refractivity contribution in [2.24, 2.45) is 0 Å². The highest BCUT2D eigenvalue weighted by Crippen LogP contribution is 2.22. The summed E-state index contributed by atoms with van der Waals surface area (Å²) in [5.74, 6) is -0.0659. The van der Waals surface area contributed by atoms with E-state index in [1.54, 1.807) is 12.4 Å². The molecule has 2 heterocycles. The summed E-state index contributed by atoms with van der Waals surface area (Å²) in [4.78, 5) is 18.8. The fraction of sp³-hybridized carbons (Fsp3) is 0.238. The minimum Gasteiger partial charge on any atom is -0.378 e. The van der Waals surface area contributed by atoms with Crippen LogP contribution in [0.15, 0.2) is 61.1 Å². The molecule has 1 N–H and O–H groups in total. The second kappa shape index (κ2) is 7.87. The van der Waals surface area contributed by atoms with Gasteiger partial charge in [-0.3, -0.25) is 9.78 Å². The van der Waals surface area contributed by atoms with Gasteiger partial charge in [0.05, 0.1) is 0 Å². The van der Waals surface area contributed by atoms with E-state index in [1.165, 1.54) is 0 Å². The summed E-state index contributed by atoms with van der Waals surface area (Å²) >= 11 is 0. The van der Waals surface area contributed by atoms with Crippen LogP contribution in [0.2, 0.25) is 0 Å². The van der Waals surface area contributed by atoms with E-state index in [4.69, 9.17) is 0 Å². The van der Waals surface area contributed by atoms with Crippen molar-refractivity contribution in [3.8, 4) is 11.1 Å². The smallest absolute Gasteiger partial charge is 0.268 e. The van der Waals surface area contributed by atoms with Crippen LogP contribution in [0.4, 0.5) is 5.69 Å². The van der Waals surface area contributed by atoms with E-state index in [-0.39, 0.29) is 5.91 Å². The molecule has 2 aromatic heterocycles. The number of aromatic nitrogens is 2. The third kappa shape index (κ3) is 3.94. The summed E-state index contributed by atoms with van der Waals surface area (Å²) in [5.41, 5.74) is 4.97. The third-order valence-corrected chi connectivity index (χ3v) is 4.39. The maximum atomic E-state index is 12.7. The second-order valence-electron chi connectivity index (χ2n) is 6.38. The van der Waals surface area contributed by atoms with E-state index in [2.05, 4.69) is 27.3 Å². The molecule has 0 saturated carbocycles. The predicted octanol–water partition coefficient (Wildman–Crippen LogP) is 3.57. The van der Waals surface area contributed by atoms with Crippen molar-refractivity contribution in [3.63, 3.8) is 0 Å². The minimum atomic E-state index is -0.0659. The molecule has 0 fully saturated rings. The fourth-order valence-corrected chi connectivity index (χ4v) is 2.85. The van der Waals surface area contributed by atoms with Gasteiger partial charge in [0.2, 0.25) is 0 Å². The molecule has 0 spiro atoms. The van der Waals surface area contributed by atoms with Gasteiger partial charge in [0, 0.05) is 57.0 Å². The summed E-state index contributed by atoms with van der Waals surface area (Å²) in [6.45, 7) is 3.28. The van der Waals surface area contributed by atoms with Gasteiger partial charge in [0.15, 0.2) is 0 Å². The van der Waals surface area contributed by atoms with Crippen LogP contribution in [-0.2, 0) is 13.1 Å². The number of hydrogen-bond acceptors (Lipinski definition) is 3. The lowest BCUT2D eigenvalue weighted by Gasteiger charge is -2.13. The van der Waals surface area contributed by atoms with Crippen molar-refractivity contribution in [2.45, 2.75) is 20.0 Å². The Morgan fingerprint density at radius 3 is 2.38 bits per heavy atom. The normalized spacial score (nSPS) is 10.6. The van der Waals surface area contributed by atoms with E-state index < -0.39 is 0 Å². The van der Waals surface area contributed by atoms with Crippen LogP contribution in [0.25, 0.3) is 11.1 Å². The Morgan fingerprint density at radius 1 is 1.08 bits per heavy atom. The van der Waals surface area contributed by atoms with Gasteiger partial charge in [0.25, 0.3) is 5.91 Å². The van der Waals surface area contributed by atoms with Gasteiger partial charge in [-0.05, 0) is 48.4 Å². The molecule has 0 saturated heterocycles. The lowest BCUT2D eigenvalue weighted by molar-refractivity contribution is 0.0942. The van der Waals surface area contributed by atoms with Crippen molar-refractivity contribution in [1.29, 1.82) is 0 Å². The highest BCUT2D eigenvalue weighted by Gasteiger charge is 2.13. The Kier molecular flexibility index (Phi) is 5.37. The fourth-order valence-electron chi connectivity index (χ4n) is 2.85. The van der Waals surface area contributed by atoms with Crippen molar-refractivity contribution in [1.82, 2.24) is 14.9 Å². The van der Waals surface area contributed by atoms with E-state index in [1.807, 2.05) is 62.1 Å². The number of nitrogens with zero attached hydrogens (tertiary/aromatic N) is 3. The Morgan fingerprint density at radius 2 is 1.77 bits per heavy atom. The van der Waals surface area contributed by atoms with Crippen molar-refractivity contribution in [3.05, 3.63) is 72.3 Å². The molecular weight excluding hydrogens is 324 g/mol. The number of amides is 1. The Hall–Kier alpha value is -3.08. The molecule has 26 heavy (non-hydrogen) atoms. The number of carbonyl (C=O) groups excluding carboxylic acids is 1. The van der Waals surface area contributed by atoms with E-state index >= 15 is 0 Å². The molecule has 1 amide bonds. The monoisotopic (exact) mass is 348 g/mol. The first kappa shape index (κ1) is 17.7. The van der Waals surface area contributed by atoms with Gasteiger partial charge in [-0.1, -0.05) is 12.1 Å². The number of benzene rings is 1. The van der Waals surface area contributed by atoms with Gasteiger partial charge in [-0.2, -0.15) is 0 Å². The second-order valence-corrected chi connectivity index (χ2v) is 6.38. The first-order valence-electron chi connectivity index (χ1n) is 8.73. The van der Waals surface area contributed by atoms with Crippen LogP contribution in [0, 0.1) is 0 Å². The summed E-state index contributed by atoms with van der Waals surface area (Å²) < 4.78 is 1.97. The number of nitrogens with one attached hydrogen (secondary N) is 1. The molecular formula is C21H24N4O. The van der Waals surface area contributed by atoms with Gasteiger partial charge < -0.3 is 14.8 Å². The van der Waals surface area contributed by atoms with Gasteiger partial charge >= 0.3 is 0 Å². The molecule has 0 atom stereocenters. The molecule has 0 aliphatic carbocycles. The molecule has 1 aromatic carbocycles. The Balaban J connectivity index is 1.72. The first-order chi connectivity index (χ1) is 12.6. The van der Waals surface area contributed by atoms with Crippen LogP contribution in [0.1, 0.15) is 23.0 Å². The summed E-state index contributed by atoms with van der Waals surface area (Å²) in [5, 5.41) is 3.02. The molecule has 0 aliphatic rings. The van der Waals surface area contributed by atoms with Gasteiger partial charge in [0.1, 0.15) is 5.69 Å². The van der Waals surface area contributed by atoms with Crippen LogP contribution in [-0.4, -0.2) is 29.6 Å². The zero-order chi connectivity index (χ0) is 18.5. The van der Waals surface area contributed by atoms with Gasteiger partial charge in [-0.25, -0.2) is 0 Å². The highest BCUT2D eigenvalue weighted by atomic mass is 16.1. The predicted molar refractivity (Wildman–Crippen MR) is 105 cm³/mol. The molecule has 0 aliphatic heterocycles. The molecule has 5 nitrogen and oxygen atoms in total. The zero-order valence-corrected chi connectivity index (χ0v) is 15.4. The number of anilines is 1. The maximum absolute atomic E-state index is 12.7. The molecule has 0 unspecified atom stereocenters. The van der Waals surface area contributed by atoms with Crippen molar-refractivity contribution < 1.29 is 4.79 Å². The lowest BCUT2D eigenvalue weighted by Crippen LogP contribution is -2.25. The number of carbonyl (C=O) groups is 1. The summed E-state index contributed by atoms with van der Waals surface area (Å²) in [6, 6.07) is 14.0. The topological polar surface area (TPSA) is 50.2 Å². The van der Waals surface area contributed by atoms with E-state index in [9.17, 15) is 4.79 Å². The Bertz CT molecular complexity index is 867. The number of pyridine rings is 1. The SMILES string of the molecule is CCn1cc(-c2ccncc2)cc1C(=O)NCc1ccc(N(C)C)cc1. The third-order valence-electron chi connectivity index (χ3n) is 4.39. The van der Waals surface area contributed by atoms with E-state index in [0.29, 0.717) is 12.2 Å². The van der Waals surface area contributed by atoms with Crippen molar-refractivity contribution >= 4 is 11.6 Å². The first-order valence-corrected chi connectivity index (χ1v) is 8.73. The van der Waals surface area contributed by atoms with E-state index in [0.717, 1.165) is 28.9 Å². The molecule has 3 rings (SSSR count). The average Bonchev–Trinajstić information content (AvgIpc) is 3.11. The minimum absolute atomic E-state index is 0.0659. The van der Waals surface area contributed by atoms with Gasteiger partial charge in [-0.15, -0.1) is 0 Å². The van der Waals surface area contributed by atoms with Crippen molar-refractivity contribution in [2.75, 3.05) is 19.0 Å². The largest absolute Gasteiger partial charge is 0.378 e.